The van der Waals surface area contributed by atoms with Crippen LogP contribution >= 0.6 is 0 Å². The highest BCUT2D eigenvalue weighted by molar-refractivity contribution is 7.91. The topological polar surface area (TPSA) is 97.4 Å². The number of sulfonamides is 1. The molecule has 1 aliphatic carbocycles. The molecule has 2 aromatic rings. The van der Waals surface area contributed by atoms with E-state index >= 15 is 0 Å². The lowest BCUT2D eigenvalue weighted by Crippen LogP contribution is -2.38. The van der Waals surface area contributed by atoms with E-state index in [4.69, 9.17) is 0 Å². The third-order valence-electron chi connectivity index (χ3n) is 4.35. The van der Waals surface area contributed by atoms with Gasteiger partial charge in [0, 0.05) is 6.26 Å². The average molecular weight is 397 g/mol. The molecular weight excluding hydrogens is 381 g/mol. The van der Waals surface area contributed by atoms with Crippen LogP contribution in [0.3, 0.4) is 0 Å². The second-order valence-corrected chi connectivity index (χ2v) is 9.97. The van der Waals surface area contributed by atoms with E-state index in [2.05, 4.69) is 0 Å². The van der Waals surface area contributed by atoms with Gasteiger partial charge in [-0.15, -0.1) is 0 Å². The molecule has 1 N–H and O–H groups in total. The van der Waals surface area contributed by atoms with Crippen molar-refractivity contribution in [1.29, 1.82) is 0 Å². The van der Waals surface area contributed by atoms with Crippen molar-refractivity contribution in [3.05, 3.63) is 59.9 Å². The maximum absolute atomic E-state index is 13.1. The maximum Gasteiger partial charge on any atom is 0.264 e. The molecule has 6 nitrogen and oxygen atoms in total. The van der Waals surface area contributed by atoms with Gasteiger partial charge in [0.2, 0.25) is 5.91 Å². The zero-order valence-corrected chi connectivity index (χ0v) is 15.4. The molecule has 2 aromatic carbocycles. The molecule has 0 unspecified atom stereocenters. The number of amides is 1. The molecule has 9 heteroatoms. The SMILES string of the molecule is CS(=O)(=O)c1cccc(S(=O)(=O)NC(=O)C2(c3ccc(F)cc3)CC2)c1. The fourth-order valence-electron chi connectivity index (χ4n) is 2.69. The van der Waals surface area contributed by atoms with Crippen molar-refractivity contribution in [3.8, 4) is 0 Å². The van der Waals surface area contributed by atoms with Crippen LogP contribution in [-0.4, -0.2) is 29.0 Å². The molecule has 0 heterocycles. The molecule has 26 heavy (non-hydrogen) atoms. The van der Waals surface area contributed by atoms with Gasteiger partial charge in [-0.2, -0.15) is 0 Å². The van der Waals surface area contributed by atoms with Crippen LogP contribution in [0.15, 0.2) is 58.3 Å². The molecule has 0 spiro atoms. The molecule has 0 radical (unpaired) electrons. The molecule has 0 saturated heterocycles. The van der Waals surface area contributed by atoms with Crippen molar-refractivity contribution in [1.82, 2.24) is 4.72 Å². The Hall–Kier alpha value is -2.26. The minimum atomic E-state index is -4.24. The molecule has 0 atom stereocenters. The number of rotatable bonds is 5. The molecule has 1 fully saturated rings. The Balaban J connectivity index is 1.88. The lowest BCUT2D eigenvalue weighted by atomic mass is 9.95. The summed E-state index contributed by atoms with van der Waals surface area (Å²) in [5.41, 5.74) is -0.466. The van der Waals surface area contributed by atoms with Gasteiger partial charge in [-0.25, -0.2) is 25.9 Å². The Morgan fingerprint density at radius 2 is 1.58 bits per heavy atom. The molecule has 3 rings (SSSR count). The van der Waals surface area contributed by atoms with E-state index in [1.807, 2.05) is 4.72 Å². The predicted molar refractivity (Wildman–Crippen MR) is 92.2 cm³/mol. The van der Waals surface area contributed by atoms with E-state index in [0.717, 1.165) is 12.3 Å². The first-order chi connectivity index (χ1) is 12.0. The monoisotopic (exact) mass is 397 g/mol. The molecule has 1 aliphatic rings. The Morgan fingerprint density at radius 1 is 1.00 bits per heavy atom. The number of sulfone groups is 1. The van der Waals surface area contributed by atoms with Crippen LogP contribution in [0.25, 0.3) is 0 Å². The van der Waals surface area contributed by atoms with E-state index in [9.17, 15) is 26.0 Å². The van der Waals surface area contributed by atoms with E-state index < -0.39 is 37.0 Å². The van der Waals surface area contributed by atoms with Crippen LogP contribution in [0.5, 0.6) is 0 Å². The van der Waals surface area contributed by atoms with Gasteiger partial charge >= 0.3 is 0 Å². The van der Waals surface area contributed by atoms with Crippen LogP contribution < -0.4 is 4.72 Å². The molecule has 138 valence electrons. The summed E-state index contributed by atoms with van der Waals surface area (Å²) in [6.07, 6.45) is 1.86. The van der Waals surface area contributed by atoms with Gasteiger partial charge in [0.05, 0.1) is 15.2 Å². The first-order valence-electron chi connectivity index (χ1n) is 7.68. The quantitative estimate of drug-likeness (QED) is 0.829. The highest BCUT2D eigenvalue weighted by atomic mass is 32.2. The number of benzene rings is 2. The third kappa shape index (κ3) is 3.49. The van der Waals surface area contributed by atoms with Crippen LogP contribution in [0.2, 0.25) is 0 Å². The first kappa shape index (κ1) is 18.5. The molecule has 0 bridgehead atoms. The van der Waals surface area contributed by atoms with Crippen molar-refractivity contribution in [3.63, 3.8) is 0 Å². The molecule has 1 saturated carbocycles. The van der Waals surface area contributed by atoms with Gasteiger partial charge in [-0.05, 0) is 48.7 Å². The average Bonchev–Trinajstić information content (AvgIpc) is 3.36. The number of hydrogen-bond acceptors (Lipinski definition) is 5. The van der Waals surface area contributed by atoms with Crippen molar-refractivity contribution in [2.75, 3.05) is 6.26 Å². The van der Waals surface area contributed by atoms with Crippen LogP contribution in [0.4, 0.5) is 4.39 Å². The first-order valence-corrected chi connectivity index (χ1v) is 11.1. The molecule has 1 amide bonds. The second-order valence-electron chi connectivity index (χ2n) is 6.27. The highest BCUT2D eigenvalue weighted by Crippen LogP contribution is 2.48. The summed E-state index contributed by atoms with van der Waals surface area (Å²) in [4.78, 5) is 12.1. The minimum absolute atomic E-state index is 0.160. The van der Waals surface area contributed by atoms with Crippen molar-refractivity contribution in [2.24, 2.45) is 0 Å². The lowest BCUT2D eigenvalue weighted by Gasteiger charge is -2.16. The van der Waals surface area contributed by atoms with Crippen LogP contribution in [-0.2, 0) is 30.1 Å². The number of carbonyl (C=O) groups is 1. The molecular formula is C17H16FNO5S2. The molecule has 0 aromatic heterocycles. The lowest BCUT2D eigenvalue weighted by molar-refractivity contribution is -0.121. The Bertz CT molecular complexity index is 1070. The number of carbonyl (C=O) groups excluding carboxylic acids is 1. The fourth-order valence-corrected chi connectivity index (χ4v) is 4.53. The molecule has 0 aliphatic heterocycles. The number of nitrogens with one attached hydrogen (secondary N) is 1. The van der Waals surface area contributed by atoms with Gasteiger partial charge in [-0.1, -0.05) is 18.2 Å². The summed E-state index contributed by atoms with van der Waals surface area (Å²) >= 11 is 0. The van der Waals surface area contributed by atoms with Crippen molar-refractivity contribution in [2.45, 2.75) is 28.0 Å². The van der Waals surface area contributed by atoms with Crippen molar-refractivity contribution >= 4 is 25.8 Å². The van der Waals surface area contributed by atoms with Gasteiger partial charge in [0.1, 0.15) is 5.82 Å². The standard InChI is InChI=1S/C17H16FNO5S2/c1-25(21,22)14-3-2-4-15(11-14)26(23,24)19-16(20)17(9-10-17)12-5-7-13(18)8-6-12/h2-8,11H,9-10H2,1H3,(H,19,20). The Labute approximate surface area is 151 Å². The van der Waals surface area contributed by atoms with Gasteiger partial charge in [-0.3, -0.25) is 4.79 Å². The summed E-state index contributed by atoms with van der Waals surface area (Å²) in [5, 5.41) is 0. The largest absolute Gasteiger partial charge is 0.273 e. The summed E-state index contributed by atoms with van der Waals surface area (Å²) in [7, 11) is -7.83. The third-order valence-corrected chi connectivity index (χ3v) is 6.79. The zero-order valence-electron chi connectivity index (χ0n) is 13.8. The predicted octanol–water partition coefficient (Wildman–Crippen LogP) is 1.77. The summed E-state index contributed by atoms with van der Waals surface area (Å²) in [6.45, 7) is 0. The second kappa shape index (κ2) is 6.17. The normalized spacial score (nSPS) is 16.1. The minimum Gasteiger partial charge on any atom is -0.273 e. The summed E-state index contributed by atoms with van der Waals surface area (Å²) in [5.74, 6) is -1.16. The highest BCUT2D eigenvalue weighted by Gasteiger charge is 2.52. The Morgan fingerprint density at radius 3 is 2.12 bits per heavy atom. The van der Waals surface area contributed by atoms with Gasteiger partial charge < -0.3 is 0 Å². The van der Waals surface area contributed by atoms with Crippen molar-refractivity contribution < 1.29 is 26.0 Å². The maximum atomic E-state index is 13.1. The number of hydrogen-bond donors (Lipinski definition) is 1. The van der Waals surface area contributed by atoms with E-state index in [1.165, 1.54) is 42.5 Å². The van der Waals surface area contributed by atoms with E-state index in [1.54, 1.807) is 0 Å². The van der Waals surface area contributed by atoms with Crippen LogP contribution in [0.1, 0.15) is 18.4 Å². The van der Waals surface area contributed by atoms with Crippen LogP contribution in [0, 0.1) is 5.82 Å². The smallest absolute Gasteiger partial charge is 0.264 e. The summed E-state index contributed by atoms with van der Waals surface area (Å²) in [6, 6.07) is 10.1. The fraction of sp³-hybridized carbons (Fsp3) is 0.235. The van der Waals surface area contributed by atoms with E-state index in [0.29, 0.717) is 18.4 Å². The van der Waals surface area contributed by atoms with Gasteiger partial charge in [0.15, 0.2) is 9.84 Å². The van der Waals surface area contributed by atoms with E-state index in [-0.39, 0.29) is 9.79 Å². The zero-order chi connectivity index (χ0) is 19.2. The Kier molecular flexibility index (Phi) is 4.40. The summed E-state index contributed by atoms with van der Waals surface area (Å²) < 4.78 is 63.3. The van der Waals surface area contributed by atoms with Gasteiger partial charge in [0.25, 0.3) is 10.0 Å². The number of halogens is 1.